The minimum atomic E-state index is -2.02. The first-order chi connectivity index (χ1) is 32.1. The van der Waals surface area contributed by atoms with E-state index in [4.69, 9.17) is 0 Å². The van der Waals surface area contributed by atoms with Crippen molar-refractivity contribution in [1.29, 1.82) is 0 Å². The smallest absolute Gasteiger partial charge is 0.264 e. The largest absolute Gasteiger partial charge is 0.394 e. The van der Waals surface area contributed by atoms with Crippen molar-refractivity contribution in [3.63, 3.8) is 0 Å². The summed E-state index contributed by atoms with van der Waals surface area (Å²) in [5.41, 5.74) is 1.69. The van der Waals surface area contributed by atoms with Gasteiger partial charge in [-0.2, -0.15) is 0 Å². The van der Waals surface area contributed by atoms with Crippen LogP contribution in [0.3, 0.4) is 0 Å². The number of benzene rings is 4. The maximum Gasteiger partial charge on any atom is 0.264 e. The van der Waals surface area contributed by atoms with Crippen molar-refractivity contribution in [2.24, 2.45) is 5.92 Å². The predicted octanol–water partition coefficient (Wildman–Crippen LogP) is 4.85. The Labute approximate surface area is 386 Å². The van der Waals surface area contributed by atoms with Crippen LogP contribution in [0.1, 0.15) is 63.0 Å². The molecule has 4 N–H and O–H groups in total. The van der Waals surface area contributed by atoms with Gasteiger partial charge in [0.05, 0.1) is 38.2 Å². The number of hydrogen-bond donors (Lipinski definition) is 4. The molecule has 14 heteroatoms. The normalized spacial score (nSPS) is 24.2. The fourth-order valence-corrected chi connectivity index (χ4v) is 11.5. The van der Waals surface area contributed by atoms with E-state index in [0.29, 0.717) is 75.6 Å². The van der Waals surface area contributed by atoms with Crippen molar-refractivity contribution < 1.29 is 29.4 Å². The quantitative estimate of drug-likeness (QED) is 0.154. The zero-order valence-electron chi connectivity index (χ0n) is 37.6. The first kappa shape index (κ1) is 43.8. The molecule has 66 heavy (non-hydrogen) atoms. The van der Waals surface area contributed by atoms with Gasteiger partial charge in [-0.1, -0.05) is 67.6 Å². The van der Waals surface area contributed by atoms with Crippen LogP contribution in [0.2, 0.25) is 0 Å². The number of nitrogens with one attached hydrogen (secondary N) is 2. The van der Waals surface area contributed by atoms with E-state index in [1.807, 2.05) is 89.8 Å². The Kier molecular flexibility index (Phi) is 11.7. The number of aliphatic hydroxyl groups is 2. The molecule has 14 nitrogen and oxygen atoms in total. The number of fused-ring (bicyclic) bond motifs is 1. The number of aliphatic hydroxyl groups excluding tert-OH is 1. The van der Waals surface area contributed by atoms with Crippen LogP contribution in [0.5, 0.6) is 0 Å². The summed E-state index contributed by atoms with van der Waals surface area (Å²) >= 11 is 0. The molecule has 0 bridgehead atoms. The molecule has 344 valence electrons. The number of hydrogen-bond acceptors (Lipinski definition) is 10. The molecule has 0 saturated carbocycles. The Morgan fingerprint density at radius 3 is 1.83 bits per heavy atom. The van der Waals surface area contributed by atoms with E-state index in [9.17, 15) is 29.4 Å². The summed E-state index contributed by atoms with van der Waals surface area (Å²) < 4.78 is 0. The molecular weight excluding hydrogens is 833 g/mol. The monoisotopic (exact) mass is 892 g/mol. The molecule has 2 spiro atoms. The van der Waals surface area contributed by atoms with Crippen molar-refractivity contribution in [3.05, 3.63) is 126 Å². The Hall–Kier alpha value is -6.06. The lowest BCUT2D eigenvalue weighted by Gasteiger charge is -2.39. The third-order valence-electron chi connectivity index (χ3n) is 15.3. The van der Waals surface area contributed by atoms with Gasteiger partial charge in [0.2, 0.25) is 5.91 Å². The van der Waals surface area contributed by atoms with Crippen molar-refractivity contribution in [1.82, 2.24) is 15.5 Å². The van der Waals surface area contributed by atoms with Gasteiger partial charge < -0.3 is 40.4 Å². The fraction of sp³-hybridized carbons (Fsp3) is 0.423. The molecule has 0 aromatic heterocycles. The summed E-state index contributed by atoms with van der Waals surface area (Å²) in [6.07, 6.45) is 7.82. The third-order valence-corrected chi connectivity index (χ3v) is 15.3. The predicted molar refractivity (Wildman–Crippen MR) is 255 cm³/mol. The van der Waals surface area contributed by atoms with Crippen LogP contribution in [0.15, 0.2) is 115 Å². The van der Waals surface area contributed by atoms with Gasteiger partial charge in [0, 0.05) is 47.2 Å². The first-order valence-electron chi connectivity index (χ1n) is 23.6. The number of nitrogens with zero attached hydrogens (tertiary/aromatic N) is 6. The maximum atomic E-state index is 14.9. The van der Waals surface area contributed by atoms with Gasteiger partial charge in [0.1, 0.15) is 11.1 Å². The van der Waals surface area contributed by atoms with E-state index >= 15 is 0 Å². The Balaban J connectivity index is 0.953. The first-order valence-corrected chi connectivity index (χ1v) is 23.6. The summed E-state index contributed by atoms with van der Waals surface area (Å²) in [5, 5.41) is 29.6. The Morgan fingerprint density at radius 2 is 1.27 bits per heavy atom. The van der Waals surface area contributed by atoms with Crippen LogP contribution >= 0.6 is 0 Å². The maximum absolute atomic E-state index is 14.9. The average Bonchev–Trinajstić information content (AvgIpc) is 4.08. The second-order valence-corrected chi connectivity index (χ2v) is 18.9. The highest BCUT2D eigenvalue weighted by Crippen LogP contribution is 2.49. The summed E-state index contributed by atoms with van der Waals surface area (Å²) in [5.74, 6) is -1.30. The summed E-state index contributed by atoms with van der Waals surface area (Å²) in [6, 6.07) is 33.2. The van der Waals surface area contributed by atoms with Gasteiger partial charge in [0.25, 0.3) is 17.7 Å². The minimum Gasteiger partial charge on any atom is -0.394 e. The van der Waals surface area contributed by atoms with E-state index in [1.165, 1.54) is 0 Å². The molecule has 6 aliphatic heterocycles. The number of rotatable bonds is 11. The van der Waals surface area contributed by atoms with Gasteiger partial charge in [0.15, 0.2) is 5.60 Å². The second kappa shape index (κ2) is 17.6. The van der Waals surface area contributed by atoms with Crippen molar-refractivity contribution in [2.75, 3.05) is 77.2 Å². The SMILES string of the molecule is C[C@@H](/C=C/CC(=O)N1CCC[C@H]1CO)[C@]1(O)C(=O)N(Cc2ccc(N3CN(c4ccccc4)C4(CCNCC4)C3=O)cc2)c2ccc(N3CN(c4ccccc4)C4(CCNCC4)C3=O)cc21. The van der Waals surface area contributed by atoms with E-state index in [-0.39, 0.29) is 43.3 Å². The number of carbonyl (C=O) groups excluding carboxylic acids is 4. The van der Waals surface area contributed by atoms with Crippen LogP contribution in [-0.2, 0) is 31.3 Å². The molecule has 3 atom stereocenters. The molecule has 6 heterocycles. The number of amides is 4. The van der Waals surface area contributed by atoms with E-state index in [1.54, 1.807) is 39.8 Å². The number of para-hydroxylation sites is 2. The topological polar surface area (TPSA) is 152 Å². The zero-order valence-corrected chi connectivity index (χ0v) is 37.6. The number of anilines is 5. The van der Waals surface area contributed by atoms with Crippen LogP contribution in [0.25, 0.3) is 0 Å². The minimum absolute atomic E-state index is 0.0124. The standard InChI is InChI=1S/C52H60N8O6/c1-37(10-8-16-46(62)55-31-9-15-43(55)34-61)52(66)44-32-42(58-36-60(41-13-6-3-7-14-41)51(48(58)64)25-29-54-30-26-51)21-22-45(44)56(49(52)65)33-38-17-19-39(20-18-38)57-35-59(40-11-4-2-5-12-40)50(47(57)63)23-27-53-28-24-50/h2-8,10-14,17-22,32,37,43,53-54,61,66H,9,15-16,23-31,33-36H2,1H3/b10-8+/t37-,43-,52+/m0/s1. The van der Waals surface area contributed by atoms with Crippen molar-refractivity contribution in [2.45, 2.75) is 81.1 Å². The molecular formula is C52H60N8O6. The second-order valence-electron chi connectivity index (χ2n) is 18.9. The lowest BCUT2D eigenvalue weighted by molar-refractivity contribution is -0.139. The van der Waals surface area contributed by atoms with Gasteiger partial charge in [-0.25, -0.2) is 0 Å². The molecule has 4 amide bonds. The molecule has 0 unspecified atom stereocenters. The Morgan fingerprint density at radius 1 is 0.727 bits per heavy atom. The van der Waals surface area contributed by atoms with Gasteiger partial charge in [-0.15, -0.1) is 0 Å². The highest BCUT2D eigenvalue weighted by molar-refractivity contribution is 6.10. The number of piperidine rings is 2. The van der Waals surface area contributed by atoms with Crippen molar-refractivity contribution in [3.8, 4) is 0 Å². The van der Waals surface area contributed by atoms with Crippen LogP contribution in [0, 0.1) is 5.92 Å². The van der Waals surface area contributed by atoms with Crippen LogP contribution in [0.4, 0.5) is 28.4 Å². The van der Waals surface area contributed by atoms with E-state index in [0.717, 1.165) is 48.6 Å². The zero-order chi connectivity index (χ0) is 45.6. The van der Waals surface area contributed by atoms with Crippen LogP contribution < -0.4 is 35.1 Å². The molecule has 4 aromatic carbocycles. The highest BCUT2D eigenvalue weighted by Gasteiger charge is 2.56. The molecule has 4 aromatic rings. The molecule has 10 rings (SSSR count). The number of carbonyl (C=O) groups is 4. The molecule has 0 radical (unpaired) electrons. The van der Waals surface area contributed by atoms with Crippen molar-refractivity contribution >= 4 is 52.1 Å². The van der Waals surface area contributed by atoms with E-state index < -0.39 is 28.5 Å². The lowest BCUT2D eigenvalue weighted by atomic mass is 9.82. The lowest BCUT2D eigenvalue weighted by Crippen LogP contribution is -2.55. The third kappa shape index (κ3) is 7.25. The molecule has 5 fully saturated rings. The van der Waals surface area contributed by atoms with Gasteiger partial charge in [-0.3, -0.25) is 29.0 Å². The van der Waals surface area contributed by atoms with E-state index in [2.05, 4.69) is 32.6 Å². The summed E-state index contributed by atoms with van der Waals surface area (Å²) in [4.78, 5) is 68.7. The fourth-order valence-electron chi connectivity index (χ4n) is 11.5. The molecule has 5 saturated heterocycles. The summed E-state index contributed by atoms with van der Waals surface area (Å²) in [6.45, 7) is 6.12. The molecule has 6 aliphatic rings. The average molecular weight is 893 g/mol. The summed E-state index contributed by atoms with van der Waals surface area (Å²) in [7, 11) is 0. The molecule has 0 aliphatic carbocycles. The van der Waals surface area contributed by atoms with Crippen LogP contribution in [-0.4, -0.2) is 109 Å². The van der Waals surface area contributed by atoms with Gasteiger partial charge >= 0.3 is 0 Å². The highest BCUT2D eigenvalue weighted by atomic mass is 16.3. The Bertz CT molecular complexity index is 2490. The van der Waals surface area contributed by atoms with Gasteiger partial charge in [-0.05, 0) is 125 Å². The number of likely N-dealkylation sites (tertiary alicyclic amines) is 1.